The van der Waals surface area contributed by atoms with Crippen molar-refractivity contribution in [3.63, 3.8) is 0 Å². The highest BCUT2D eigenvalue weighted by Gasteiger charge is 2.11. The van der Waals surface area contributed by atoms with E-state index >= 15 is 0 Å². The van der Waals surface area contributed by atoms with Gasteiger partial charge in [-0.15, -0.1) is 11.3 Å². The van der Waals surface area contributed by atoms with Gasteiger partial charge in [0.15, 0.2) is 0 Å². The van der Waals surface area contributed by atoms with Gasteiger partial charge in [0, 0.05) is 11.4 Å². The molecule has 23 heavy (non-hydrogen) atoms. The predicted molar refractivity (Wildman–Crippen MR) is 94.5 cm³/mol. The van der Waals surface area contributed by atoms with Crippen molar-refractivity contribution in [2.75, 3.05) is 6.61 Å². The molecule has 0 saturated carbocycles. The number of aromatic nitrogens is 2. The standard InChI is InChI=1S/C18H20N2O2S/c1-3-15-12-16-17(23-15)19-13(2)20(18(16)21)10-7-11-22-14-8-5-4-6-9-14/h4-6,8-9,12H,3,7,10-11H2,1-2H3. The van der Waals surface area contributed by atoms with Gasteiger partial charge >= 0.3 is 0 Å². The van der Waals surface area contributed by atoms with E-state index in [9.17, 15) is 4.79 Å². The summed E-state index contributed by atoms with van der Waals surface area (Å²) in [6, 6.07) is 11.7. The molecule has 0 fully saturated rings. The number of ether oxygens (including phenoxy) is 1. The van der Waals surface area contributed by atoms with Gasteiger partial charge in [0.1, 0.15) is 16.4 Å². The Hall–Kier alpha value is -2.14. The number of para-hydroxylation sites is 1. The van der Waals surface area contributed by atoms with Gasteiger partial charge in [0.25, 0.3) is 5.56 Å². The van der Waals surface area contributed by atoms with Crippen LogP contribution >= 0.6 is 11.3 Å². The lowest BCUT2D eigenvalue weighted by atomic mass is 10.3. The second-order valence-corrected chi connectivity index (χ2v) is 6.53. The van der Waals surface area contributed by atoms with Crippen LogP contribution in [0.3, 0.4) is 0 Å². The summed E-state index contributed by atoms with van der Waals surface area (Å²) in [6.07, 6.45) is 1.71. The van der Waals surface area contributed by atoms with Crippen LogP contribution in [-0.4, -0.2) is 16.2 Å². The number of hydrogen-bond acceptors (Lipinski definition) is 4. The summed E-state index contributed by atoms with van der Waals surface area (Å²) in [4.78, 5) is 19.3. The Bertz CT molecular complexity index is 853. The molecule has 4 nitrogen and oxygen atoms in total. The van der Waals surface area contributed by atoms with Crippen molar-refractivity contribution in [3.8, 4) is 5.75 Å². The summed E-state index contributed by atoms with van der Waals surface area (Å²) in [6.45, 7) is 5.19. The zero-order chi connectivity index (χ0) is 16.2. The van der Waals surface area contributed by atoms with Crippen LogP contribution in [0.5, 0.6) is 5.75 Å². The predicted octanol–water partition coefficient (Wildman–Crippen LogP) is 3.80. The molecular formula is C18H20N2O2S. The van der Waals surface area contributed by atoms with Crippen LogP contribution < -0.4 is 10.3 Å². The molecule has 5 heteroatoms. The van der Waals surface area contributed by atoms with Crippen LogP contribution in [-0.2, 0) is 13.0 Å². The number of thiophene rings is 1. The van der Waals surface area contributed by atoms with Gasteiger partial charge in [-0.05, 0) is 38.0 Å². The smallest absolute Gasteiger partial charge is 0.262 e. The fourth-order valence-electron chi connectivity index (χ4n) is 2.53. The van der Waals surface area contributed by atoms with Gasteiger partial charge in [0.2, 0.25) is 0 Å². The normalized spacial score (nSPS) is 11.0. The fraction of sp³-hybridized carbons (Fsp3) is 0.333. The highest BCUT2D eigenvalue weighted by atomic mass is 32.1. The first-order valence-corrected chi connectivity index (χ1v) is 8.68. The van der Waals surface area contributed by atoms with Crippen LogP contribution in [0.2, 0.25) is 0 Å². The number of fused-ring (bicyclic) bond motifs is 1. The van der Waals surface area contributed by atoms with E-state index in [1.165, 1.54) is 4.88 Å². The molecule has 120 valence electrons. The molecule has 3 rings (SSSR count). The number of rotatable bonds is 6. The summed E-state index contributed by atoms with van der Waals surface area (Å²) in [5.74, 6) is 1.63. The maximum absolute atomic E-state index is 12.6. The third-order valence-corrected chi connectivity index (χ3v) is 4.95. The van der Waals surface area contributed by atoms with Gasteiger partial charge in [-0.2, -0.15) is 0 Å². The van der Waals surface area contributed by atoms with Crippen LogP contribution in [0.1, 0.15) is 24.0 Å². The van der Waals surface area contributed by atoms with Crippen molar-refractivity contribution in [1.29, 1.82) is 0 Å². The van der Waals surface area contributed by atoms with E-state index < -0.39 is 0 Å². The molecule has 0 bridgehead atoms. The average molecular weight is 328 g/mol. The lowest BCUT2D eigenvalue weighted by Gasteiger charge is -2.10. The van der Waals surface area contributed by atoms with Crippen molar-refractivity contribution in [1.82, 2.24) is 9.55 Å². The second kappa shape index (κ2) is 6.96. The number of hydrogen-bond donors (Lipinski definition) is 0. The minimum Gasteiger partial charge on any atom is -0.494 e. The maximum atomic E-state index is 12.6. The molecule has 0 aliphatic heterocycles. The second-order valence-electron chi connectivity index (χ2n) is 5.42. The Labute approximate surface area is 139 Å². The summed E-state index contributed by atoms with van der Waals surface area (Å²) >= 11 is 1.61. The lowest BCUT2D eigenvalue weighted by Crippen LogP contribution is -2.24. The molecule has 3 aromatic rings. The monoisotopic (exact) mass is 328 g/mol. The van der Waals surface area contributed by atoms with E-state index in [1.807, 2.05) is 43.3 Å². The van der Waals surface area contributed by atoms with E-state index in [2.05, 4.69) is 11.9 Å². The minimum absolute atomic E-state index is 0.0585. The molecule has 0 saturated heterocycles. The molecule has 0 spiro atoms. The summed E-state index contributed by atoms with van der Waals surface area (Å²) in [5.41, 5.74) is 0.0585. The van der Waals surface area contributed by atoms with Crippen LogP contribution in [0.4, 0.5) is 0 Å². The van der Waals surface area contributed by atoms with Crippen molar-refractivity contribution in [2.45, 2.75) is 33.2 Å². The molecule has 0 aliphatic rings. The van der Waals surface area contributed by atoms with Crippen molar-refractivity contribution in [3.05, 3.63) is 57.5 Å². The zero-order valence-electron chi connectivity index (χ0n) is 13.4. The third-order valence-electron chi connectivity index (χ3n) is 3.78. The van der Waals surface area contributed by atoms with E-state index in [4.69, 9.17) is 4.74 Å². The Kier molecular flexibility index (Phi) is 4.76. The Morgan fingerprint density at radius 1 is 1.26 bits per heavy atom. The summed E-state index contributed by atoms with van der Waals surface area (Å²) in [5, 5.41) is 0.737. The number of aryl methyl sites for hydroxylation is 2. The molecule has 0 radical (unpaired) electrons. The van der Waals surface area contributed by atoms with Crippen LogP contribution in [0, 0.1) is 6.92 Å². The topological polar surface area (TPSA) is 44.1 Å². The molecule has 0 atom stereocenters. The first-order valence-electron chi connectivity index (χ1n) is 7.86. The first kappa shape index (κ1) is 15.7. The third kappa shape index (κ3) is 3.45. The van der Waals surface area contributed by atoms with Gasteiger partial charge in [0.05, 0.1) is 12.0 Å². The minimum atomic E-state index is 0.0585. The molecule has 0 aliphatic carbocycles. The maximum Gasteiger partial charge on any atom is 0.262 e. The molecule has 2 heterocycles. The van der Waals surface area contributed by atoms with Gasteiger partial charge in [-0.25, -0.2) is 4.98 Å². The molecule has 0 amide bonds. The Balaban J connectivity index is 1.71. The Morgan fingerprint density at radius 2 is 2.04 bits per heavy atom. The van der Waals surface area contributed by atoms with E-state index in [0.717, 1.165) is 34.6 Å². The van der Waals surface area contributed by atoms with E-state index in [0.29, 0.717) is 13.2 Å². The van der Waals surface area contributed by atoms with Crippen LogP contribution in [0.25, 0.3) is 10.2 Å². The molecule has 0 N–H and O–H groups in total. The number of benzene rings is 1. The largest absolute Gasteiger partial charge is 0.494 e. The molecule has 0 unspecified atom stereocenters. The quantitative estimate of drug-likeness (QED) is 0.647. The average Bonchev–Trinajstić information content (AvgIpc) is 2.98. The first-order chi connectivity index (χ1) is 11.2. The number of nitrogens with zero attached hydrogens (tertiary/aromatic N) is 2. The van der Waals surface area contributed by atoms with E-state index in [-0.39, 0.29) is 5.56 Å². The summed E-state index contributed by atoms with van der Waals surface area (Å²) in [7, 11) is 0. The fourth-order valence-corrected chi connectivity index (χ4v) is 3.54. The highest BCUT2D eigenvalue weighted by Crippen LogP contribution is 2.22. The van der Waals surface area contributed by atoms with Gasteiger partial charge in [-0.1, -0.05) is 25.1 Å². The SMILES string of the molecule is CCc1cc2c(=O)n(CCCOc3ccccc3)c(C)nc2s1. The van der Waals surface area contributed by atoms with Gasteiger partial charge < -0.3 is 4.74 Å². The van der Waals surface area contributed by atoms with Gasteiger partial charge in [-0.3, -0.25) is 9.36 Å². The van der Waals surface area contributed by atoms with Crippen LogP contribution in [0.15, 0.2) is 41.2 Å². The Morgan fingerprint density at radius 3 is 2.78 bits per heavy atom. The van der Waals surface area contributed by atoms with Crippen molar-refractivity contribution >= 4 is 21.6 Å². The summed E-state index contributed by atoms with van der Waals surface area (Å²) < 4.78 is 7.44. The molecular weight excluding hydrogens is 308 g/mol. The molecule has 1 aromatic carbocycles. The van der Waals surface area contributed by atoms with Crippen molar-refractivity contribution < 1.29 is 4.74 Å². The van der Waals surface area contributed by atoms with Crippen molar-refractivity contribution in [2.24, 2.45) is 0 Å². The van der Waals surface area contributed by atoms with E-state index in [1.54, 1.807) is 15.9 Å². The highest BCUT2D eigenvalue weighted by molar-refractivity contribution is 7.18. The zero-order valence-corrected chi connectivity index (χ0v) is 14.2. The lowest BCUT2D eigenvalue weighted by molar-refractivity contribution is 0.300. The molecule has 2 aromatic heterocycles.